The van der Waals surface area contributed by atoms with Gasteiger partial charge in [0.1, 0.15) is 6.29 Å². The zero-order valence-electron chi connectivity index (χ0n) is 22.2. The Kier molecular flexibility index (Phi) is 10.1. The Balaban J connectivity index is 0.000000124. The SMILES string of the molecule is CCNCC1CCC2(CC1)COC2.O=CC1CCC2(CC1)COC2.OCC1CCC2(CC1)COC2. The van der Waals surface area contributed by atoms with E-state index in [-0.39, 0.29) is 0 Å². The molecule has 3 spiro atoms. The van der Waals surface area contributed by atoms with Gasteiger partial charge in [-0.25, -0.2) is 0 Å². The molecule has 3 aliphatic carbocycles. The third-order valence-corrected chi connectivity index (χ3v) is 10.0. The second kappa shape index (κ2) is 12.8. The number of hydrogen-bond donors (Lipinski definition) is 2. The molecule has 0 aromatic heterocycles. The second-order valence-electron chi connectivity index (χ2n) is 12.8. The summed E-state index contributed by atoms with van der Waals surface area (Å²) in [6, 6.07) is 0. The van der Waals surface area contributed by atoms with Gasteiger partial charge in [-0.3, -0.25) is 0 Å². The van der Waals surface area contributed by atoms with Crippen molar-refractivity contribution in [2.24, 2.45) is 34.0 Å². The molecule has 3 saturated carbocycles. The highest BCUT2D eigenvalue weighted by Gasteiger charge is 2.43. The Bertz CT molecular complexity index is 613. The molecule has 0 radical (unpaired) electrons. The number of aliphatic hydroxyl groups excluding tert-OH is 1. The minimum absolute atomic E-state index is 0.348. The standard InChI is InChI=1S/C11H21NO.C9H16O2.C9H14O2/c1-2-12-7-10-3-5-11(6-4-10)8-13-9-11;2*10-5-8-1-3-9(4-2-8)6-11-7-9/h10,12H,2-9H2,1H3;8,10H,1-7H2;5,8H,1-4,6-7H2. The van der Waals surface area contributed by atoms with Crippen LogP contribution in [0.3, 0.4) is 0 Å². The topological polar surface area (TPSA) is 77.0 Å². The maximum Gasteiger partial charge on any atom is 0.123 e. The lowest BCUT2D eigenvalue weighted by Crippen LogP contribution is -2.46. The van der Waals surface area contributed by atoms with E-state index < -0.39 is 0 Å². The van der Waals surface area contributed by atoms with Gasteiger partial charge in [0.15, 0.2) is 0 Å². The van der Waals surface area contributed by atoms with Crippen molar-refractivity contribution in [3.8, 4) is 0 Å². The highest BCUT2D eigenvalue weighted by molar-refractivity contribution is 5.53. The molecule has 2 N–H and O–H groups in total. The molecule has 6 heteroatoms. The van der Waals surface area contributed by atoms with E-state index in [1.165, 1.54) is 70.8 Å². The lowest BCUT2D eigenvalue weighted by atomic mass is 9.69. The van der Waals surface area contributed by atoms with E-state index >= 15 is 0 Å². The molecular formula is C29H51NO5. The van der Waals surface area contributed by atoms with Gasteiger partial charge < -0.3 is 29.4 Å². The molecule has 0 aromatic rings. The molecule has 6 rings (SSSR count). The summed E-state index contributed by atoms with van der Waals surface area (Å²) in [6.07, 6.45) is 16.3. The zero-order chi connectivity index (χ0) is 24.6. The monoisotopic (exact) mass is 493 g/mol. The molecule has 0 atom stereocenters. The molecule has 35 heavy (non-hydrogen) atoms. The Hall–Kier alpha value is -0.530. The van der Waals surface area contributed by atoms with Gasteiger partial charge in [-0.15, -0.1) is 0 Å². The van der Waals surface area contributed by atoms with Crippen LogP contribution in [0.25, 0.3) is 0 Å². The van der Waals surface area contributed by atoms with Crippen molar-refractivity contribution >= 4 is 6.29 Å². The van der Waals surface area contributed by atoms with Crippen molar-refractivity contribution in [2.45, 2.75) is 84.0 Å². The average molecular weight is 494 g/mol. The minimum atomic E-state index is 0.348. The normalized spacial score (nSPS) is 32.2. The number of ether oxygens (including phenoxy) is 3. The van der Waals surface area contributed by atoms with Crippen molar-refractivity contribution in [3.05, 3.63) is 0 Å². The predicted octanol–water partition coefficient (Wildman–Crippen LogP) is 4.38. The fraction of sp³-hybridized carbons (Fsp3) is 0.966. The first-order valence-corrected chi connectivity index (χ1v) is 14.5. The van der Waals surface area contributed by atoms with Crippen LogP contribution in [0.15, 0.2) is 0 Å². The fourth-order valence-electron chi connectivity index (χ4n) is 6.74. The van der Waals surface area contributed by atoms with Crippen molar-refractivity contribution in [1.82, 2.24) is 5.32 Å². The number of aliphatic hydroxyl groups is 1. The summed E-state index contributed by atoms with van der Waals surface area (Å²) < 4.78 is 15.7. The first-order valence-electron chi connectivity index (χ1n) is 14.5. The van der Waals surface area contributed by atoms with Crippen LogP contribution < -0.4 is 5.32 Å². The van der Waals surface area contributed by atoms with Gasteiger partial charge in [0.05, 0.1) is 39.6 Å². The summed E-state index contributed by atoms with van der Waals surface area (Å²) in [5.41, 5.74) is 1.67. The molecule has 0 unspecified atom stereocenters. The van der Waals surface area contributed by atoms with Gasteiger partial charge in [-0.1, -0.05) is 6.92 Å². The number of nitrogens with one attached hydrogen (secondary N) is 1. The first-order chi connectivity index (χ1) is 17.0. The third-order valence-electron chi connectivity index (χ3n) is 10.0. The van der Waals surface area contributed by atoms with Crippen molar-refractivity contribution < 1.29 is 24.1 Å². The highest BCUT2D eigenvalue weighted by Crippen LogP contribution is 2.45. The lowest BCUT2D eigenvalue weighted by Gasteiger charge is -2.46. The summed E-state index contributed by atoms with van der Waals surface area (Å²) in [6.45, 7) is 10.8. The molecule has 0 aromatic carbocycles. The zero-order valence-corrected chi connectivity index (χ0v) is 22.2. The number of rotatable bonds is 5. The van der Waals surface area contributed by atoms with E-state index in [1.54, 1.807) is 0 Å². The Morgan fingerprint density at radius 2 is 1.11 bits per heavy atom. The van der Waals surface area contributed by atoms with E-state index in [0.29, 0.717) is 34.7 Å². The largest absolute Gasteiger partial charge is 0.396 e. The molecular weight excluding hydrogens is 442 g/mol. The van der Waals surface area contributed by atoms with E-state index in [1.807, 2.05) is 0 Å². The third kappa shape index (κ3) is 7.28. The van der Waals surface area contributed by atoms with Gasteiger partial charge in [-0.05, 0) is 102 Å². The summed E-state index contributed by atoms with van der Waals surface area (Å²) in [5, 5.41) is 12.4. The van der Waals surface area contributed by atoms with Crippen LogP contribution in [-0.2, 0) is 19.0 Å². The molecule has 3 aliphatic heterocycles. The van der Waals surface area contributed by atoms with Crippen LogP contribution in [-0.4, -0.2) is 70.7 Å². The summed E-state index contributed by atoms with van der Waals surface area (Å²) in [4.78, 5) is 10.4. The molecule has 0 bridgehead atoms. The Morgan fingerprint density at radius 1 is 0.714 bits per heavy atom. The van der Waals surface area contributed by atoms with Crippen LogP contribution in [0.4, 0.5) is 0 Å². The molecule has 3 heterocycles. The molecule has 6 nitrogen and oxygen atoms in total. The predicted molar refractivity (Wildman–Crippen MR) is 137 cm³/mol. The van der Waals surface area contributed by atoms with Gasteiger partial charge in [0.25, 0.3) is 0 Å². The summed E-state index contributed by atoms with van der Waals surface area (Å²) >= 11 is 0. The maximum atomic E-state index is 10.4. The number of aldehydes is 1. The molecule has 6 fully saturated rings. The molecule has 202 valence electrons. The van der Waals surface area contributed by atoms with Crippen molar-refractivity contribution in [1.29, 1.82) is 0 Å². The van der Waals surface area contributed by atoms with Gasteiger partial charge in [-0.2, -0.15) is 0 Å². The quantitative estimate of drug-likeness (QED) is 0.554. The van der Waals surface area contributed by atoms with Gasteiger partial charge >= 0.3 is 0 Å². The first kappa shape index (κ1) is 27.5. The van der Waals surface area contributed by atoms with Crippen LogP contribution in [0.2, 0.25) is 0 Å². The lowest BCUT2D eigenvalue weighted by molar-refractivity contribution is -0.140. The van der Waals surface area contributed by atoms with Gasteiger partial charge in [0, 0.05) is 28.8 Å². The van der Waals surface area contributed by atoms with Crippen LogP contribution in [0.1, 0.15) is 84.0 Å². The Labute approximate surface area is 213 Å². The van der Waals surface area contributed by atoms with E-state index in [0.717, 1.165) is 71.2 Å². The molecule has 3 saturated heterocycles. The number of carbonyl (C=O) groups excluding carboxylic acids is 1. The van der Waals surface area contributed by atoms with Crippen LogP contribution >= 0.6 is 0 Å². The minimum Gasteiger partial charge on any atom is -0.396 e. The van der Waals surface area contributed by atoms with E-state index in [9.17, 15) is 4.79 Å². The molecule has 0 amide bonds. The van der Waals surface area contributed by atoms with Crippen LogP contribution in [0.5, 0.6) is 0 Å². The average Bonchev–Trinajstić information content (AvgIpc) is 2.86. The maximum absolute atomic E-state index is 10.4. The van der Waals surface area contributed by atoms with Crippen LogP contribution in [0, 0.1) is 34.0 Å². The summed E-state index contributed by atoms with van der Waals surface area (Å²) in [5.74, 6) is 1.87. The highest BCUT2D eigenvalue weighted by atomic mass is 16.5. The van der Waals surface area contributed by atoms with Gasteiger partial charge in [0.2, 0.25) is 0 Å². The number of carbonyl (C=O) groups is 1. The fourth-order valence-corrected chi connectivity index (χ4v) is 6.74. The smallest absolute Gasteiger partial charge is 0.123 e. The summed E-state index contributed by atoms with van der Waals surface area (Å²) in [7, 11) is 0. The Morgan fingerprint density at radius 3 is 1.43 bits per heavy atom. The second-order valence-corrected chi connectivity index (χ2v) is 12.8. The van der Waals surface area contributed by atoms with Crippen molar-refractivity contribution in [2.75, 3.05) is 59.3 Å². The molecule has 6 aliphatic rings. The van der Waals surface area contributed by atoms with E-state index in [4.69, 9.17) is 19.3 Å². The van der Waals surface area contributed by atoms with E-state index in [2.05, 4.69) is 12.2 Å². The van der Waals surface area contributed by atoms with Crippen molar-refractivity contribution in [3.63, 3.8) is 0 Å². The number of hydrogen-bond acceptors (Lipinski definition) is 6.